The van der Waals surface area contributed by atoms with E-state index in [1.807, 2.05) is 6.07 Å². The van der Waals surface area contributed by atoms with Crippen LogP contribution < -0.4 is 10.5 Å². The van der Waals surface area contributed by atoms with Gasteiger partial charge in [0.2, 0.25) is 11.5 Å². The maximum absolute atomic E-state index is 13.7. The molecule has 0 spiro atoms. The number of aliphatic hydroxyl groups is 1. The molecular formula is C20H19F3N4O3. The smallest absolute Gasteiger partial charge is 0.426 e. The van der Waals surface area contributed by atoms with Gasteiger partial charge < -0.3 is 20.0 Å². The maximum Gasteiger partial charge on any atom is 0.426 e. The van der Waals surface area contributed by atoms with E-state index in [1.54, 1.807) is 31.2 Å². The number of hydrogen-bond acceptors (Lipinski definition) is 7. The minimum absolute atomic E-state index is 0.0232. The number of halogens is 3. The molecule has 10 heteroatoms. The van der Waals surface area contributed by atoms with Crippen LogP contribution in [-0.4, -0.2) is 26.5 Å². The zero-order valence-corrected chi connectivity index (χ0v) is 16.0. The standard InChI is InChI=1S/C20H19F3N4O3/c1-11-9-14(24)15-17-26-27-18(30-17)19(28,20(21,22)23)8-3-2-5-12-6-4-7-13(10-12)29-16(11)25-15/h4,6-7,9-10,28H,2-3,5,8,24H2,1H3. The summed E-state index contributed by atoms with van der Waals surface area (Å²) < 4.78 is 52.3. The predicted molar refractivity (Wildman–Crippen MR) is 101 cm³/mol. The molecule has 30 heavy (non-hydrogen) atoms. The fourth-order valence-electron chi connectivity index (χ4n) is 3.33. The summed E-state index contributed by atoms with van der Waals surface area (Å²) >= 11 is 0. The van der Waals surface area contributed by atoms with Crippen molar-refractivity contribution in [1.29, 1.82) is 0 Å². The molecule has 7 nitrogen and oxygen atoms in total. The number of nitrogens with two attached hydrogens (primary N) is 1. The molecule has 3 aromatic rings. The summed E-state index contributed by atoms with van der Waals surface area (Å²) in [5, 5.41) is 17.6. The molecule has 1 aliphatic heterocycles. The van der Waals surface area contributed by atoms with Crippen molar-refractivity contribution in [2.24, 2.45) is 0 Å². The summed E-state index contributed by atoms with van der Waals surface area (Å²) in [6.07, 6.45) is -4.59. The molecule has 0 saturated heterocycles. The average Bonchev–Trinajstić information content (AvgIpc) is 3.16. The number of aryl methyl sites for hydroxylation is 2. The first-order valence-electron chi connectivity index (χ1n) is 9.35. The second kappa shape index (κ2) is 7.28. The Morgan fingerprint density at radius 2 is 1.97 bits per heavy atom. The number of hydrogen-bond donors (Lipinski definition) is 2. The zero-order valence-electron chi connectivity index (χ0n) is 16.0. The van der Waals surface area contributed by atoms with Crippen molar-refractivity contribution in [3.8, 4) is 23.2 Å². The van der Waals surface area contributed by atoms with Crippen LogP contribution >= 0.6 is 0 Å². The number of pyridine rings is 1. The predicted octanol–water partition coefficient (Wildman–Crippen LogP) is 4.29. The van der Waals surface area contributed by atoms with Crippen LogP contribution in [0, 0.1) is 6.92 Å². The summed E-state index contributed by atoms with van der Waals surface area (Å²) in [5.74, 6) is -0.535. The number of fused-ring (bicyclic) bond motifs is 7. The second-order valence-corrected chi connectivity index (χ2v) is 7.28. The molecule has 6 bridgehead atoms. The SMILES string of the molecule is Cc1cc(N)c2nc1Oc1cccc(c1)CCCCC(O)(C(F)(F)F)c1nnc-2o1. The highest BCUT2D eigenvalue weighted by Gasteiger charge is 2.58. The van der Waals surface area contributed by atoms with Gasteiger partial charge in [0.15, 0.2) is 5.69 Å². The third kappa shape index (κ3) is 3.58. The molecule has 1 aromatic carbocycles. The number of ether oxygens (including phenoxy) is 1. The lowest BCUT2D eigenvalue weighted by atomic mass is 9.94. The molecular weight excluding hydrogens is 401 g/mol. The molecule has 1 aliphatic rings. The lowest BCUT2D eigenvalue weighted by Crippen LogP contribution is -2.42. The van der Waals surface area contributed by atoms with E-state index in [-0.39, 0.29) is 29.6 Å². The average molecular weight is 420 g/mol. The van der Waals surface area contributed by atoms with Crippen molar-refractivity contribution < 1.29 is 27.4 Å². The van der Waals surface area contributed by atoms with E-state index in [2.05, 4.69) is 15.2 Å². The number of anilines is 1. The van der Waals surface area contributed by atoms with Gasteiger partial charge in [0.05, 0.1) is 5.69 Å². The van der Waals surface area contributed by atoms with Gasteiger partial charge in [-0.2, -0.15) is 13.2 Å². The van der Waals surface area contributed by atoms with Crippen LogP contribution in [0.15, 0.2) is 34.7 Å². The summed E-state index contributed by atoms with van der Waals surface area (Å²) in [7, 11) is 0. The van der Waals surface area contributed by atoms with E-state index < -0.39 is 24.1 Å². The Kier molecular flexibility index (Phi) is 4.89. The van der Waals surface area contributed by atoms with Crippen LogP contribution in [0.25, 0.3) is 11.6 Å². The number of nitrogens with zero attached hydrogens (tertiary/aromatic N) is 3. The number of benzene rings is 1. The first-order valence-corrected chi connectivity index (χ1v) is 9.35. The minimum atomic E-state index is -4.99. The van der Waals surface area contributed by atoms with Gasteiger partial charge in [-0.15, -0.1) is 10.2 Å². The normalized spacial score (nSPS) is 19.5. The monoisotopic (exact) mass is 420 g/mol. The summed E-state index contributed by atoms with van der Waals surface area (Å²) in [4.78, 5) is 4.29. The third-order valence-corrected chi connectivity index (χ3v) is 5.01. The maximum atomic E-state index is 13.7. The Balaban J connectivity index is 1.86. The molecule has 0 amide bonds. The highest BCUT2D eigenvalue weighted by molar-refractivity contribution is 5.68. The number of alkyl halides is 3. The Bertz CT molecular complexity index is 1080. The van der Waals surface area contributed by atoms with Gasteiger partial charge in [-0.3, -0.25) is 0 Å². The second-order valence-electron chi connectivity index (χ2n) is 7.28. The Morgan fingerprint density at radius 3 is 2.73 bits per heavy atom. The van der Waals surface area contributed by atoms with E-state index in [1.165, 1.54) is 0 Å². The largest absolute Gasteiger partial charge is 0.439 e. The fraction of sp³-hybridized carbons (Fsp3) is 0.350. The van der Waals surface area contributed by atoms with Crippen LogP contribution in [0.1, 0.15) is 36.3 Å². The van der Waals surface area contributed by atoms with Gasteiger partial charge in [-0.25, -0.2) is 4.98 Å². The molecule has 0 aliphatic carbocycles. The summed E-state index contributed by atoms with van der Waals surface area (Å²) in [6, 6.07) is 8.77. The van der Waals surface area contributed by atoms with Gasteiger partial charge in [0.25, 0.3) is 11.8 Å². The first kappa shape index (κ1) is 20.1. The number of aromatic nitrogens is 3. The van der Waals surface area contributed by atoms with E-state index in [0.717, 1.165) is 5.56 Å². The van der Waals surface area contributed by atoms with Crippen LogP contribution in [0.4, 0.5) is 18.9 Å². The molecule has 158 valence electrons. The molecule has 3 heterocycles. The first-order chi connectivity index (χ1) is 14.2. The number of rotatable bonds is 0. The topological polar surface area (TPSA) is 107 Å². The van der Waals surface area contributed by atoms with E-state index >= 15 is 0 Å². The van der Waals surface area contributed by atoms with Crippen molar-refractivity contribution in [2.45, 2.75) is 44.4 Å². The summed E-state index contributed by atoms with van der Waals surface area (Å²) in [5.41, 5.74) is 4.34. The zero-order chi connectivity index (χ0) is 21.5. The van der Waals surface area contributed by atoms with Crippen LogP contribution in [0.2, 0.25) is 0 Å². The van der Waals surface area contributed by atoms with Crippen molar-refractivity contribution in [3.05, 3.63) is 47.3 Å². The molecule has 0 fully saturated rings. The van der Waals surface area contributed by atoms with Gasteiger partial charge in [-0.1, -0.05) is 12.1 Å². The third-order valence-electron chi connectivity index (χ3n) is 5.01. The molecule has 3 N–H and O–H groups in total. The van der Waals surface area contributed by atoms with Gasteiger partial charge in [-0.05, 0) is 56.4 Å². The van der Waals surface area contributed by atoms with E-state index in [4.69, 9.17) is 14.9 Å². The molecule has 1 unspecified atom stereocenters. The Hall–Kier alpha value is -3.14. The van der Waals surface area contributed by atoms with Crippen molar-refractivity contribution >= 4 is 5.69 Å². The quantitative estimate of drug-likeness (QED) is 0.559. The fourth-order valence-corrected chi connectivity index (χ4v) is 3.33. The van der Waals surface area contributed by atoms with Crippen LogP contribution in [-0.2, 0) is 12.0 Å². The highest BCUT2D eigenvalue weighted by Crippen LogP contribution is 2.43. The Morgan fingerprint density at radius 1 is 1.17 bits per heavy atom. The van der Waals surface area contributed by atoms with Gasteiger partial charge in [0.1, 0.15) is 5.75 Å². The van der Waals surface area contributed by atoms with Crippen molar-refractivity contribution in [3.63, 3.8) is 0 Å². The van der Waals surface area contributed by atoms with Crippen molar-refractivity contribution in [1.82, 2.24) is 15.2 Å². The molecule has 0 saturated carbocycles. The number of nitrogen functional groups attached to an aromatic ring is 1. The molecule has 1 atom stereocenters. The minimum Gasteiger partial charge on any atom is -0.439 e. The molecule has 4 rings (SSSR count). The lowest BCUT2D eigenvalue weighted by molar-refractivity contribution is -0.277. The van der Waals surface area contributed by atoms with Crippen molar-refractivity contribution in [2.75, 3.05) is 5.73 Å². The highest BCUT2D eigenvalue weighted by atomic mass is 19.4. The van der Waals surface area contributed by atoms with Crippen LogP contribution in [0.3, 0.4) is 0 Å². The van der Waals surface area contributed by atoms with Gasteiger partial charge in [0, 0.05) is 5.56 Å². The molecule has 2 aromatic heterocycles. The van der Waals surface area contributed by atoms with E-state index in [9.17, 15) is 18.3 Å². The molecule has 0 radical (unpaired) electrons. The summed E-state index contributed by atoms with van der Waals surface area (Å²) in [6.45, 7) is 1.74. The van der Waals surface area contributed by atoms with E-state index in [0.29, 0.717) is 24.2 Å². The van der Waals surface area contributed by atoms with Gasteiger partial charge >= 0.3 is 6.18 Å². The Labute approximate surface area is 169 Å². The lowest BCUT2D eigenvalue weighted by Gasteiger charge is -2.26. The van der Waals surface area contributed by atoms with Crippen LogP contribution in [0.5, 0.6) is 11.6 Å².